The second kappa shape index (κ2) is 20.7. The highest BCUT2D eigenvalue weighted by atomic mass is 16.2. The van der Waals surface area contributed by atoms with E-state index in [0.29, 0.717) is 29.9 Å². The quantitative estimate of drug-likeness (QED) is 0.378. The van der Waals surface area contributed by atoms with Crippen LogP contribution in [0.3, 0.4) is 0 Å². The van der Waals surface area contributed by atoms with Crippen molar-refractivity contribution in [3.05, 3.63) is 95.1 Å². The van der Waals surface area contributed by atoms with E-state index in [9.17, 15) is 14.4 Å². The Morgan fingerprint density at radius 1 is 0.643 bits per heavy atom. The third-order valence-corrected chi connectivity index (χ3v) is 6.05. The van der Waals surface area contributed by atoms with Crippen LogP contribution in [-0.2, 0) is 32.0 Å². The van der Waals surface area contributed by atoms with Crippen molar-refractivity contribution in [2.75, 3.05) is 44.4 Å². The van der Waals surface area contributed by atoms with E-state index in [0.717, 1.165) is 29.7 Å². The van der Waals surface area contributed by atoms with E-state index in [2.05, 4.69) is 34.9 Å². The lowest BCUT2D eigenvalue weighted by Gasteiger charge is -2.14. The molecule has 0 heterocycles. The van der Waals surface area contributed by atoms with Crippen molar-refractivity contribution in [3.8, 4) is 0 Å². The van der Waals surface area contributed by atoms with Gasteiger partial charge in [0, 0.05) is 63.7 Å². The van der Waals surface area contributed by atoms with Gasteiger partial charge in [0.2, 0.25) is 5.91 Å². The van der Waals surface area contributed by atoms with Crippen LogP contribution in [0.2, 0.25) is 0 Å². The second-order valence-corrected chi connectivity index (χ2v) is 8.99. The van der Waals surface area contributed by atoms with Crippen LogP contribution < -0.4 is 15.5 Å². The molecule has 0 spiro atoms. The molecule has 0 aliphatic rings. The van der Waals surface area contributed by atoms with E-state index in [4.69, 9.17) is 14.4 Å². The lowest BCUT2D eigenvalue weighted by Crippen LogP contribution is -2.26. The molecule has 10 nitrogen and oxygen atoms in total. The molecule has 224 valence electrons. The molecule has 0 aromatic heterocycles. The summed E-state index contributed by atoms with van der Waals surface area (Å²) in [6.45, 7) is 8.72. The Morgan fingerprint density at radius 2 is 1.10 bits per heavy atom. The van der Waals surface area contributed by atoms with Crippen molar-refractivity contribution < 1.29 is 28.8 Å². The van der Waals surface area contributed by atoms with E-state index in [1.165, 1.54) is 0 Å². The van der Waals surface area contributed by atoms with E-state index in [1.807, 2.05) is 63.6 Å². The summed E-state index contributed by atoms with van der Waals surface area (Å²) in [6, 6.07) is 22.4. The molecule has 0 aliphatic heterocycles. The molecule has 3 aromatic rings. The van der Waals surface area contributed by atoms with Crippen molar-refractivity contribution >= 4 is 49.5 Å². The number of likely N-dealkylation sites (N-methyl/N-ethyl adjacent to an activating group) is 1. The first kappa shape index (κ1) is 36.9. The number of rotatable bonds is 10. The van der Waals surface area contributed by atoms with Gasteiger partial charge in [0.15, 0.2) is 0 Å². The molecule has 0 unspecified atom stereocenters. The fourth-order valence-corrected chi connectivity index (χ4v) is 3.57. The summed E-state index contributed by atoms with van der Waals surface area (Å²) in [5.74, 6) is -0.376. The molecule has 0 fully saturated rings. The Kier molecular flexibility index (Phi) is 18.2. The van der Waals surface area contributed by atoms with Crippen LogP contribution in [-0.4, -0.2) is 77.2 Å². The number of carbonyl (C=O) groups is 6. The minimum atomic E-state index is -0.243. The van der Waals surface area contributed by atoms with E-state index in [1.54, 1.807) is 43.1 Å². The van der Waals surface area contributed by atoms with Crippen LogP contribution in [0.4, 0.5) is 11.4 Å². The summed E-state index contributed by atoms with van der Waals surface area (Å²) in [5.41, 5.74) is 5.04. The van der Waals surface area contributed by atoms with Crippen LogP contribution in [0.1, 0.15) is 38.8 Å². The zero-order valence-corrected chi connectivity index (χ0v) is 24.7. The molecular formula is C32H40N4O6. The standard InChI is InChI=1S/C29H34N4O3.3CH2O/c1-21(34)33(4)20-18-23-5-13-26(14-6-23)31-29(36)25-11-9-24(10-12-25)28(35)30-19-17-22-7-15-27(16-8-22)32(2)3;3*1-2/h5-16H,17-20H2,1-4H3,(H,30,35)(H,31,36);3*1H2. The summed E-state index contributed by atoms with van der Waals surface area (Å²) < 4.78 is 0. The first-order valence-electron chi connectivity index (χ1n) is 12.9. The number of carbonyl (C=O) groups excluding carboxylic acids is 6. The zero-order valence-electron chi connectivity index (χ0n) is 24.7. The molecule has 0 radical (unpaired) electrons. The maximum atomic E-state index is 12.6. The number of nitrogens with one attached hydrogen (secondary N) is 2. The average Bonchev–Trinajstić information content (AvgIpc) is 3.03. The van der Waals surface area contributed by atoms with Gasteiger partial charge in [0.1, 0.15) is 20.4 Å². The van der Waals surface area contributed by atoms with Crippen LogP contribution >= 0.6 is 0 Å². The number of hydrogen-bond donors (Lipinski definition) is 2. The third kappa shape index (κ3) is 12.8. The van der Waals surface area contributed by atoms with Gasteiger partial charge in [-0.2, -0.15) is 0 Å². The van der Waals surface area contributed by atoms with Crippen molar-refractivity contribution in [1.29, 1.82) is 0 Å². The topological polar surface area (TPSA) is 133 Å². The van der Waals surface area contributed by atoms with E-state index >= 15 is 0 Å². The van der Waals surface area contributed by atoms with E-state index in [-0.39, 0.29) is 17.7 Å². The van der Waals surface area contributed by atoms with Crippen LogP contribution in [0, 0.1) is 0 Å². The highest BCUT2D eigenvalue weighted by Crippen LogP contribution is 2.14. The fraction of sp³-hybridized carbons (Fsp3) is 0.250. The molecular weight excluding hydrogens is 536 g/mol. The molecule has 2 N–H and O–H groups in total. The monoisotopic (exact) mass is 576 g/mol. The van der Waals surface area contributed by atoms with Crippen molar-refractivity contribution in [3.63, 3.8) is 0 Å². The highest BCUT2D eigenvalue weighted by Gasteiger charge is 2.10. The summed E-state index contributed by atoms with van der Waals surface area (Å²) in [5, 5.41) is 5.80. The van der Waals surface area contributed by atoms with Gasteiger partial charge in [-0.1, -0.05) is 24.3 Å². The lowest BCUT2D eigenvalue weighted by atomic mass is 10.1. The third-order valence-electron chi connectivity index (χ3n) is 6.05. The van der Waals surface area contributed by atoms with Gasteiger partial charge in [0.25, 0.3) is 11.8 Å². The average molecular weight is 577 g/mol. The normalized spacial score (nSPS) is 9.24. The maximum absolute atomic E-state index is 12.6. The van der Waals surface area contributed by atoms with Crippen molar-refractivity contribution in [2.45, 2.75) is 19.8 Å². The van der Waals surface area contributed by atoms with Gasteiger partial charge in [0.05, 0.1) is 0 Å². The smallest absolute Gasteiger partial charge is 0.255 e. The number of amides is 3. The molecule has 10 heteroatoms. The number of anilines is 2. The Hall–Kier alpha value is -5.12. The molecule has 3 amide bonds. The Labute approximate surface area is 247 Å². The summed E-state index contributed by atoms with van der Waals surface area (Å²) in [6.07, 6.45) is 1.49. The molecule has 0 atom stereocenters. The number of benzene rings is 3. The second-order valence-electron chi connectivity index (χ2n) is 8.99. The maximum Gasteiger partial charge on any atom is 0.255 e. The molecule has 0 saturated carbocycles. The number of nitrogens with zero attached hydrogens (tertiary/aromatic N) is 2. The van der Waals surface area contributed by atoms with Gasteiger partial charge in [-0.15, -0.1) is 0 Å². The molecule has 3 rings (SSSR count). The number of hydrogen-bond acceptors (Lipinski definition) is 7. The summed E-state index contributed by atoms with van der Waals surface area (Å²) >= 11 is 0. The molecule has 42 heavy (non-hydrogen) atoms. The van der Waals surface area contributed by atoms with Crippen LogP contribution in [0.5, 0.6) is 0 Å². The highest BCUT2D eigenvalue weighted by molar-refractivity contribution is 6.05. The van der Waals surface area contributed by atoms with Crippen molar-refractivity contribution in [1.82, 2.24) is 10.2 Å². The van der Waals surface area contributed by atoms with Gasteiger partial charge in [-0.3, -0.25) is 14.4 Å². The van der Waals surface area contributed by atoms with E-state index < -0.39 is 0 Å². The first-order chi connectivity index (χ1) is 20.2. The molecule has 0 bridgehead atoms. The largest absolute Gasteiger partial charge is 0.378 e. The molecule has 3 aromatic carbocycles. The Bertz CT molecular complexity index is 1220. The lowest BCUT2D eigenvalue weighted by molar-refractivity contribution is -0.127. The molecule has 0 aliphatic carbocycles. The van der Waals surface area contributed by atoms with Crippen LogP contribution in [0.15, 0.2) is 72.8 Å². The predicted molar refractivity (Wildman–Crippen MR) is 166 cm³/mol. The van der Waals surface area contributed by atoms with Crippen molar-refractivity contribution in [2.24, 2.45) is 0 Å². The minimum Gasteiger partial charge on any atom is -0.378 e. The van der Waals surface area contributed by atoms with Gasteiger partial charge >= 0.3 is 0 Å². The predicted octanol–water partition coefficient (Wildman–Crippen LogP) is 3.44. The first-order valence-corrected chi connectivity index (χ1v) is 12.9. The fourth-order valence-electron chi connectivity index (χ4n) is 3.57. The van der Waals surface area contributed by atoms with Gasteiger partial charge < -0.3 is 34.8 Å². The Morgan fingerprint density at radius 3 is 1.57 bits per heavy atom. The minimum absolute atomic E-state index is 0.0355. The van der Waals surface area contributed by atoms with Gasteiger partial charge in [-0.25, -0.2) is 0 Å². The SMILES string of the molecule is C=O.C=O.C=O.CC(=O)N(C)CCc1ccc(NC(=O)c2ccc(C(=O)NCCc3ccc(N(C)C)cc3)cc2)cc1. The zero-order chi connectivity index (χ0) is 32.1. The van der Waals surface area contributed by atoms with Gasteiger partial charge in [-0.05, 0) is 72.5 Å². The summed E-state index contributed by atoms with van der Waals surface area (Å²) in [4.78, 5) is 64.1. The van der Waals surface area contributed by atoms with Crippen LogP contribution in [0.25, 0.3) is 0 Å². The Balaban J connectivity index is 0.00000263. The summed E-state index contributed by atoms with van der Waals surface area (Å²) in [7, 11) is 5.78. The molecule has 0 saturated heterocycles.